The van der Waals surface area contributed by atoms with Gasteiger partial charge >= 0.3 is 5.97 Å². The van der Waals surface area contributed by atoms with Crippen LogP contribution in [0.4, 0.5) is 5.69 Å². The largest absolute Gasteiger partial charge is 0.459 e. The van der Waals surface area contributed by atoms with E-state index in [1.165, 1.54) is 22.2 Å². The van der Waals surface area contributed by atoms with E-state index in [9.17, 15) is 14.4 Å². The summed E-state index contributed by atoms with van der Waals surface area (Å²) in [6.45, 7) is 7.68. The van der Waals surface area contributed by atoms with E-state index in [1.54, 1.807) is 38.1 Å². The number of hydrogen-bond acceptors (Lipinski definition) is 6. The fourth-order valence-corrected chi connectivity index (χ4v) is 3.83. The molecule has 7 nitrogen and oxygen atoms in total. The molecule has 3 aromatic rings. The number of aryl methyl sites for hydroxylation is 3. The van der Waals surface area contributed by atoms with Gasteiger partial charge < -0.3 is 10.1 Å². The van der Waals surface area contributed by atoms with Crippen molar-refractivity contribution < 1.29 is 14.3 Å². The summed E-state index contributed by atoms with van der Waals surface area (Å²) in [5.41, 5.74) is 1.81. The molecule has 0 saturated carbocycles. The summed E-state index contributed by atoms with van der Waals surface area (Å²) >= 11 is 1.50. The maximum atomic E-state index is 12.7. The SMILES string of the molecule is Cc1sc2ncn(CCC(=O)Nc3ccc(C(=O)OC(C)C)cc3)c(=O)c2c1C. The van der Waals surface area contributed by atoms with Crippen LogP contribution in [0.1, 0.15) is 41.1 Å². The summed E-state index contributed by atoms with van der Waals surface area (Å²) in [5.74, 6) is -0.633. The molecule has 2 aromatic heterocycles. The van der Waals surface area contributed by atoms with E-state index in [-0.39, 0.29) is 30.5 Å². The van der Waals surface area contributed by atoms with Crippen LogP contribution in [0.2, 0.25) is 0 Å². The van der Waals surface area contributed by atoms with Gasteiger partial charge in [-0.3, -0.25) is 14.2 Å². The van der Waals surface area contributed by atoms with Crippen molar-refractivity contribution in [2.24, 2.45) is 0 Å². The number of aromatic nitrogens is 2. The van der Waals surface area contributed by atoms with E-state index in [1.807, 2.05) is 13.8 Å². The number of amides is 1. The Bertz CT molecular complexity index is 1110. The molecule has 0 spiro atoms. The van der Waals surface area contributed by atoms with E-state index < -0.39 is 5.97 Å². The number of fused-ring (bicyclic) bond motifs is 1. The Hall–Kier alpha value is -3.00. The van der Waals surface area contributed by atoms with Crippen molar-refractivity contribution >= 4 is 39.1 Å². The zero-order valence-electron chi connectivity index (χ0n) is 16.8. The van der Waals surface area contributed by atoms with Crippen LogP contribution in [0.15, 0.2) is 35.4 Å². The van der Waals surface area contributed by atoms with Crippen molar-refractivity contribution in [1.29, 1.82) is 0 Å². The van der Waals surface area contributed by atoms with Crippen molar-refractivity contribution in [2.45, 2.75) is 46.8 Å². The van der Waals surface area contributed by atoms with Gasteiger partial charge in [-0.1, -0.05) is 0 Å². The van der Waals surface area contributed by atoms with Gasteiger partial charge in [-0.05, 0) is 57.5 Å². The van der Waals surface area contributed by atoms with Crippen LogP contribution < -0.4 is 10.9 Å². The smallest absolute Gasteiger partial charge is 0.338 e. The molecule has 1 N–H and O–H groups in total. The molecular formula is C21H23N3O4S. The summed E-state index contributed by atoms with van der Waals surface area (Å²) in [6, 6.07) is 6.49. The highest BCUT2D eigenvalue weighted by molar-refractivity contribution is 7.18. The number of rotatable bonds is 6. The first-order valence-electron chi connectivity index (χ1n) is 9.32. The lowest BCUT2D eigenvalue weighted by molar-refractivity contribution is -0.116. The topological polar surface area (TPSA) is 90.3 Å². The number of carbonyl (C=O) groups excluding carboxylic acids is 2. The molecule has 0 aliphatic carbocycles. The number of esters is 1. The normalized spacial score (nSPS) is 11.1. The Morgan fingerprint density at radius 1 is 1.21 bits per heavy atom. The van der Waals surface area contributed by atoms with Crippen LogP contribution in [0, 0.1) is 13.8 Å². The predicted octanol–water partition coefficient (Wildman–Crippen LogP) is 3.67. The van der Waals surface area contributed by atoms with Crippen molar-refractivity contribution in [3.05, 3.63) is 57.0 Å². The molecule has 0 radical (unpaired) electrons. The van der Waals surface area contributed by atoms with Gasteiger partial charge in [0.1, 0.15) is 4.83 Å². The van der Waals surface area contributed by atoms with Crippen molar-refractivity contribution in [2.75, 3.05) is 5.32 Å². The van der Waals surface area contributed by atoms with Gasteiger partial charge in [-0.15, -0.1) is 11.3 Å². The molecule has 3 rings (SSSR count). The monoisotopic (exact) mass is 413 g/mol. The van der Waals surface area contributed by atoms with Crippen molar-refractivity contribution in [3.8, 4) is 0 Å². The van der Waals surface area contributed by atoms with Gasteiger partial charge in [0.25, 0.3) is 5.56 Å². The summed E-state index contributed by atoms with van der Waals surface area (Å²) in [4.78, 5) is 42.9. The molecule has 0 aliphatic rings. The molecule has 0 unspecified atom stereocenters. The second kappa shape index (κ2) is 8.57. The van der Waals surface area contributed by atoms with Crippen LogP contribution in [-0.2, 0) is 16.1 Å². The van der Waals surface area contributed by atoms with Gasteiger partial charge in [-0.2, -0.15) is 0 Å². The van der Waals surface area contributed by atoms with Gasteiger partial charge in [0, 0.05) is 23.5 Å². The molecule has 29 heavy (non-hydrogen) atoms. The molecule has 1 aromatic carbocycles. The van der Waals surface area contributed by atoms with Crippen LogP contribution in [0.5, 0.6) is 0 Å². The number of carbonyl (C=O) groups is 2. The minimum atomic E-state index is -0.404. The zero-order valence-corrected chi connectivity index (χ0v) is 17.6. The Labute approximate surface area is 172 Å². The van der Waals surface area contributed by atoms with Crippen molar-refractivity contribution in [1.82, 2.24) is 9.55 Å². The summed E-state index contributed by atoms with van der Waals surface area (Å²) in [6.07, 6.45) is 1.43. The number of hydrogen-bond donors (Lipinski definition) is 1. The van der Waals surface area contributed by atoms with Gasteiger partial charge in [0.05, 0.1) is 23.4 Å². The third-order valence-corrected chi connectivity index (χ3v) is 5.60. The number of anilines is 1. The molecular weight excluding hydrogens is 390 g/mol. The van der Waals surface area contributed by atoms with Crippen LogP contribution in [-0.4, -0.2) is 27.5 Å². The molecule has 0 aliphatic heterocycles. The fourth-order valence-electron chi connectivity index (χ4n) is 2.85. The fraction of sp³-hybridized carbons (Fsp3) is 0.333. The lowest BCUT2D eigenvalue weighted by Gasteiger charge is -2.09. The number of nitrogens with zero attached hydrogens (tertiary/aromatic N) is 2. The molecule has 0 fully saturated rings. The van der Waals surface area contributed by atoms with Gasteiger partial charge in [0.15, 0.2) is 0 Å². The van der Waals surface area contributed by atoms with Crippen molar-refractivity contribution in [3.63, 3.8) is 0 Å². The molecule has 8 heteroatoms. The second-order valence-electron chi connectivity index (χ2n) is 7.04. The molecule has 1 amide bonds. The summed E-state index contributed by atoms with van der Waals surface area (Å²) < 4.78 is 6.60. The summed E-state index contributed by atoms with van der Waals surface area (Å²) in [7, 11) is 0. The molecule has 2 heterocycles. The van der Waals surface area contributed by atoms with E-state index in [2.05, 4.69) is 10.3 Å². The number of ether oxygens (including phenoxy) is 1. The third kappa shape index (κ3) is 4.71. The standard InChI is InChI=1S/C21H23N3O4S/c1-12(2)28-21(27)15-5-7-16(8-6-15)23-17(25)9-10-24-11-22-19-18(20(24)26)13(3)14(4)29-19/h5-8,11-12H,9-10H2,1-4H3,(H,23,25). The molecule has 152 valence electrons. The first-order chi connectivity index (χ1) is 13.8. The average Bonchev–Trinajstić information content (AvgIpc) is 2.96. The average molecular weight is 413 g/mol. The van der Waals surface area contributed by atoms with Gasteiger partial charge in [0.2, 0.25) is 5.91 Å². The lowest BCUT2D eigenvalue weighted by atomic mass is 10.2. The van der Waals surface area contributed by atoms with Gasteiger partial charge in [-0.25, -0.2) is 9.78 Å². The minimum Gasteiger partial charge on any atom is -0.459 e. The minimum absolute atomic E-state index is 0.127. The van der Waals surface area contributed by atoms with Crippen LogP contribution >= 0.6 is 11.3 Å². The second-order valence-corrected chi connectivity index (χ2v) is 8.24. The lowest BCUT2D eigenvalue weighted by Crippen LogP contribution is -2.23. The quantitative estimate of drug-likeness (QED) is 0.623. The third-order valence-electron chi connectivity index (χ3n) is 4.48. The Morgan fingerprint density at radius 2 is 1.90 bits per heavy atom. The highest BCUT2D eigenvalue weighted by Gasteiger charge is 2.13. The van der Waals surface area contributed by atoms with E-state index in [0.29, 0.717) is 16.6 Å². The first kappa shape index (κ1) is 20.7. The van der Waals surface area contributed by atoms with E-state index in [4.69, 9.17) is 4.74 Å². The van der Waals surface area contributed by atoms with Crippen LogP contribution in [0.3, 0.4) is 0 Å². The maximum Gasteiger partial charge on any atom is 0.338 e. The number of nitrogens with one attached hydrogen (secondary N) is 1. The highest BCUT2D eigenvalue weighted by atomic mass is 32.1. The summed E-state index contributed by atoms with van der Waals surface area (Å²) in [5, 5.41) is 3.39. The predicted molar refractivity (Wildman–Crippen MR) is 114 cm³/mol. The number of thiophene rings is 1. The molecule has 0 atom stereocenters. The maximum absolute atomic E-state index is 12.7. The van der Waals surface area contributed by atoms with Crippen LogP contribution in [0.25, 0.3) is 10.2 Å². The Morgan fingerprint density at radius 3 is 2.55 bits per heavy atom. The van der Waals surface area contributed by atoms with E-state index >= 15 is 0 Å². The highest BCUT2D eigenvalue weighted by Crippen LogP contribution is 2.25. The van der Waals surface area contributed by atoms with E-state index in [0.717, 1.165) is 15.3 Å². The number of benzene rings is 1. The Kier molecular flexibility index (Phi) is 6.12. The zero-order chi connectivity index (χ0) is 21.1. The Balaban J connectivity index is 1.62. The first-order valence-corrected chi connectivity index (χ1v) is 10.1. The molecule has 0 saturated heterocycles. The molecule has 0 bridgehead atoms.